The zero-order valence-corrected chi connectivity index (χ0v) is 16.1. The first-order chi connectivity index (χ1) is 12.2. The molecule has 0 saturated heterocycles. The summed E-state index contributed by atoms with van der Waals surface area (Å²) in [5.74, 6) is 0.942. The van der Waals surface area contributed by atoms with Gasteiger partial charge in [0.05, 0.1) is 11.1 Å². The Bertz CT molecular complexity index is 1050. The second kappa shape index (κ2) is 5.70. The number of hydrogen-bond acceptors (Lipinski definition) is 3. The van der Waals surface area contributed by atoms with Crippen molar-refractivity contribution in [3.05, 3.63) is 60.0 Å². The van der Waals surface area contributed by atoms with Gasteiger partial charge in [-0.05, 0) is 44.0 Å². The van der Waals surface area contributed by atoms with E-state index in [1.54, 1.807) is 0 Å². The molecule has 0 amide bonds. The quantitative estimate of drug-likeness (QED) is 0.495. The first-order valence-electron chi connectivity index (χ1n) is 9.08. The lowest BCUT2D eigenvalue weighted by atomic mass is 9.89. The molecule has 2 aromatic carbocycles. The van der Waals surface area contributed by atoms with Gasteiger partial charge in [0.2, 0.25) is 0 Å². The topological polar surface area (TPSA) is 43.9 Å². The van der Waals surface area contributed by atoms with Crippen LogP contribution >= 0.6 is 0 Å². The summed E-state index contributed by atoms with van der Waals surface area (Å²) in [5.41, 5.74) is 3.01. The van der Waals surface area contributed by atoms with Gasteiger partial charge in [-0.3, -0.25) is 4.68 Å². The smallest absolute Gasteiger partial charge is 0.149 e. The van der Waals surface area contributed by atoms with Crippen LogP contribution in [0.25, 0.3) is 21.8 Å². The summed E-state index contributed by atoms with van der Waals surface area (Å²) < 4.78 is 7.71. The molecule has 0 saturated carbocycles. The molecule has 0 N–H and O–H groups in total. The molecule has 0 unspecified atom stereocenters. The van der Waals surface area contributed by atoms with Crippen molar-refractivity contribution in [3.63, 3.8) is 0 Å². The van der Waals surface area contributed by atoms with Crippen LogP contribution < -0.4 is 0 Å². The first kappa shape index (κ1) is 16.8. The summed E-state index contributed by atoms with van der Waals surface area (Å²) in [6.07, 6.45) is 3.01. The standard InChI is InChI=1S/C22H25N3O/c1-21(2,3)20-17-12-15(10-11-19(17)24-26-20)13-22(4,5)25-14-16-8-6-7-9-18(16)23-25/h6-12,14H,13H2,1-5H3. The molecular formula is C22H25N3O. The van der Waals surface area contributed by atoms with Gasteiger partial charge in [-0.15, -0.1) is 0 Å². The fourth-order valence-electron chi connectivity index (χ4n) is 3.49. The molecular weight excluding hydrogens is 322 g/mol. The van der Waals surface area contributed by atoms with E-state index in [9.17, 15) is 0 Å². The Morgan fingerprint density at radius 2 is 1.73 bits per heavy atom. The SMILES string of the molecule is CC(C)(C)c1onc2ccc(CC(C)(C)n3cc4ccccc4n3)cc12. The monoisotopic (exact) mass is 347 g/mol. The molecule has 0 radical (unpaired) electrons. The van der Waals surface area contributed by atoms with Crippen molar-refractivity contribution in [1.82, 2.24) is 14.9 Å². The molecule has 0 atom stereocenters. The van der Waals surface area contributed by atoms with Crippen molar-refractivity contribution in [3.8, 4) is 0 Å². The number of aromatic nitrogens is 3. The Kier molecular flexibility index (Phi) is 3.69. The lowest BCUT2D eigenvalue weighted by Gasteiger charge is -2.25. The molecule has 0 aliphatic heterocycles. The van der Waals surface area contributed by atoms with Crippen LogP contribution in [0.1, 0.15) is 45.9 Å². The number of hydrogen-bond donors (Lipinski definition) is 0. The number of nitrogens with zero attached hydrogens (tertiary/aromatic N) is 3. The molecule has 2 aromatic heterocycles. The summed E-state index contributed by atoms with van der Waals surface area (Å²) in [6.45, 7) is 10.9. The fourth-order valence-corrected chi connectivity index (χ4v) is 3.49. The summed E-state index contributed by atoms with van der Waals surface area (Å²) in [6, 6.07) is 14.7. The van der Waals surface area contributed by atoms with Crippen molar-refractivity contribution in [2.45, 2.75) is 52.0 Å². The van der Waals surface area contributed by atoms with Crippen molar-refractivity contribution >= 4 is 21.8 Å². The Hall–Kier alpha value is -2.62. The zero-order chi connectivity index (χ0) is 18.5. The van der Waals surface area contributed by atoms with Crippen LogP contribution in [-0.4, -0.2) is 14.9 Å². The van der Waals surface area contributed by atoms with Crippen molar-refractivity contribution in [2.75, 3.05) is 0 Å². The maximum atomic E-state index is 5.62. The Morgan fingerprint density at radius 1 is 0.962 bits per heavy atom. The van der Waals surface area contributed by atoms with E-state index in [2.05, 4.69) is 87.1 Å². The van der Waals surface area contributed by atoms with Crippen molar-refractivity contribution < 1.29 is 4.52 Å². The van der Waals surface area contributed by atoms with Gasteiger partial charge in [-0.1, -0.05) is 50.2 Å². The third kappa shape index (κ3) is 2.90. The third-order valence-electron chi connectivity index (χ3n) is 4.89. The van der Waals surface area contributed by atoms with E-state index in [1.807, 2.05) is 6.07 Å². The van der Waals surface area contributed by atoms with Gasteiger partial charge < -0.3 is 4.52 Å². The molecule has 4 nitrogen and oxygen atoms in total. The van der Waals surface area contributed by atoms with Crippen LogP contribution in [0.2, 0.25) is 0 Å². The predicted molar refractivity (Wildman–Crippen MR) is 105 cm³/mol. The van der Waals surface area contributed by atoms with E-state index in [1.165, 1.54) is 10.9 Å². The Labute approximate surface area is 153 Å². The maximum absolute atomic E-state index is 5.62. The summed E-state index contributed by atoms with van der Waals surface area (Å²) >= 11 is 0. The molecule has 0 aliphatic rings. The number of rotatable bonds is 3. The van der Waals surface area contributed by atoms with Gasteiger partial charge in [0.15, 0.2) is 0 Å². The van der Waals surface area contributed by atoms with Gasteiger partial charge in [0, 0.05) is 22.4 Å². The summed E-state index contributed by atoms with van der Waals surface area (Å²) in [4.78, 5) is 0. The molecule has 134 valence electrons. The van der Waals surface area contributed by atoms with E-state index >= 15 is 0 Å². The van der Waals surface area contributed by atoms with Crippen LogP contribution in [0, 0.1) is 0 Å². The molecule has 2 heterocycles. The Morgan fingerprint density at radius 3 is 2.46 bits per heavy atom. The molecule has 0 bridgehead atoms. The van der Waals surface area contributed by atoms with Crippen LogP contribution in [0.4, 0.5) is 0 Å². The average molecular weight is 347 g/mol. The largest absolute Gasteiger partial charge is 0.360 e. The van der Waals surface area contributed by atoms with Gasteiger partial charge in [0.1, 0.15) is 11.3 Å². The molecule has 4 heteroatoms. The number of fused-ring (bicyclic) bond motifs is 2. The van der Waals surface area contributed by atoms with Gasteiger partial charge in [-0.25, -0.2) is 0 Å². The minimum absolute atomic E-state index is 0.0669. The highest BCUT2D eigenvalue weighted by molar-refractivity contribution is 5.82. The minimum Gasteiger partial charge on any atom is -0.360 e. The minimum atomic E-state index is -0.133. The number of benzene rings is 2. The molecule has 0 aliphatic carbocycles. The normalized spacial score (nSPS) is 13.0. The van der Waals surface area contributed by atoms with Crippen molar-refractivity contribution in [2.24, 2.45) is 0 Å². The molecule has 0 spiro atoms. The van der Waals surface area contributed by atoms with E-state index in [4.69, 9.17) is 9.62 Å². The maximum Gasteiger partial charge on any atom is 0.149 e. The highest BCUT2D eigenvalue weighted by Crippen LogP contribution is 2.32. The van der Waals surface area contributed by atoms with Crippen LogP contribution in [0.5, 0.6) is 0 Å². The van der Waals surface area contributed by atoms with Crippen molar-refractivity contribution in [1.29, 1.82) is 0 Å². The van der Waals surface area contributed by atoms with Crippen LogP contribution in [0.15, 0.2) is 53.2 Å². The second-order valence-corrected chi connectivity index (χ2v) is 8.73. The van der Waals surface area contributed by atoms with E-state index in [-0.39, 0.29) is 11.0 Å². The second-order valence-electron chi connectivity index (χ2n) is 8.73. The summed E-state index contributed by atoms with van der Waals surface area (Å²) in [7, 11) is 0. The molecule has 0 fully saturated rings. The lowest BCUT2D eigenvalue weighted by Crippen LogP contribution is -2.29. The lowest BCUT2D eigenvalue weighted by molar-refractivity contribution is 0.319. The predicted octanol–water partition coefficient (Wildman–Crippen LogP) is 5.45. The third-order valence-corrected chi connectivity index (χ3v) is 4.89. The fraction of sp³-hybridized carbons (Fsp3) is 0.364. The van der Waals surface area contributed by atoms with E-state index in [0.717, 1.165) is 28.6 Å². The van der Waals surface area contributed by atoms with Gasteiger partial charge in [-0.2, -0.15) is 5.10 Å². The summed E-state index contributed by atoms with van der Waals surface area (Å²) in [5, 5.41) is 11.3. The van der Waals surface area contributed by atoms with E-state index in [0.29, 0.717) is 0 Å². The van der Waals surface area contributed by atoms with Gasteiger partial charge >= 0.3 is 0 Å². The average Bonchev–Trinajstić information content (AvgIpc) is 3.18. The first-order valence-corrected chi connectivity index (χ1v) is 9.08. The molecule has 4 rings (SSSR count). The van der Waals surface area contributed by atoms with Crippen LogP contribution in [-0.2, 0) is 17.4 Å². The zero-order valence-electron chi connectivity index (χ0n) is 16.1. The highest BCUT2D eigenvalue weighted by atomic mass is 16.5. The van der Waals surface area contributed by atoms with Crippen LogP contribution in [0.3, 0.4) is 0 Å². The molecule has 26 heavy (non-hydrogen) atoms. The molecule has 4 aromatic rings. The van der Waals surface area contributed by atoms with E-state index < -0.39 is 0 Å². The van der Waals surface area contributed by atoms with Gasteiger partial charge in [0.25, 0.3) is 0 Å². The Balaban J connectivity index is 1.71. The highest BCUT2D eigenvalue weighted by Gasteiger charge is 2.25.